The van der Waals surface area contributed by atoms with Crippen LogP contribution in [0.15, 0.2) is 0 Å². The zero-order valence-electron chi connectivity index (χ0n) is 9.81. The molecule has 7 nitrogen and oxygen atoms in total. The van der Waals surface area contributed by atoms with Crippen molar-refractivity contribution in [3.8, 4) is 0 Å². The fourth-order valence-electron chi connectivity index (χ4n) is 1.47. The SMILES string of the molecule is NS(=O)(=O)CNCCC1CN(OC(=O)C(F)(F)F)C1. The second-order valence-electron chi connectivity index (χ2n) is 4.19. The number of sulfonamides is 1. The number of nitrogens with zero attached hydrogens (tertiary/aromatic N) is 1. The number of nitrogens with one attached hydrogen (secondary N) is 1. The van der Waals surface area contributed by atoms with Crippen molar-refractivity contribution in [1.82, 2.24) is 10.4 Å². The van der Waals surface area contributed by atoms with E-state index in [1.54, 1.807) is 0 Å². The summed E-state index contributed by atoms with van der Waals surface area (Å²) in [5.74, 6) is -2.54. The topological polar surface area (TPSA) is 102 Å². The van der Waals surface area contributed by atoms with Crippen molar-refractivity contribution < 1.29 is 31.2 Å². The number of carbonyl (C=O) groups excluding carboxylic acids is 1. The van der Waals surface area contributed by atoms with E-state index in [0.717, 1.165) is 5.06 Å². The molecule has 0 aromatic rings. The zero-order valence-corrected chi connectivity index (χ0v) is 10.6. The van der Waals surface area contributed by atoms with Gasteiger partial charge in [0.2, 0.25) is 10.0 Å². The minimum atomic E-state index is -5.00. The normalized spacial score (nSPS) is 18.1. The molecule has 0 unspecified atom stereocenters. The Bertz CT molecular complexity index is 419. The number of carbonyl (C=O) groups is 1. The van der Waals surface area contributed by atoms with Crippen LogP contribution < -0.4 is 10.5 Å². The highest BCUT2D eigenvalue weighted by Crippen LogP contribution is 2.23. The van der Waals surface area contributed by atoms with E-state index in [-0.39, 0.29) is 24.9 Å². The lowest BCUT2D eigenvalue weighted by Crippen LogP contribution is -2.50. The Hall–Kier alpha value is -0.910. The van der Waals surface area contributed by atoms with Gasteiger partial charge in [0.1, 0.15) is 5.88 Å². The van der Waals surface area contributed by atoms with Crippen LogP contribution in [0.3, 0.4) is 0 Å². The van der Waals surface area contributed by atoms with Gasteiger partial charge in [-0.05, 0) is 18.9 Å². The van der Waals surface area contributed by atoms with Gasteiger partial charge in [-0.1, -0.05) is 0 Å². The predicted molar refractivity (Wildman–Crippen MR) is 57.8 cm³/mol. The first kappa shape index (κ1) is 16.1. The van der Waals surface area contributed by atoms with E-state index in [1.807, 2.05) is 0 Å². The van der Waals surface area contributed by atoms with Crippen molar-refractivity contribution >= 4 is 16.0 Å². The van der Waals surface area contributed by atoms with Crippen LogP contribution in [0.4, 0.5) is 13.2 Å². The molecule has 1 aliphatic rings. The Balaban J connectivity index is 2.09. The fourth-order valence-corrected chi connectivity index (χ4v) is 1.90. The van der Waals surface area contributed by atoms with E-state index in [2.05, 4.69) is 10.2 Å². The monoisotopic (exact) mass is 305 g/mol. The van der Waals surface area contributed by atoms with Crippen LogP contribution in [0.2, 0.25) is 0 Å². The van der Waals surface area contributed by atoms with Crippen molar-refractivity contribution in [2.24, 2.45) is 11.1 Å². The van der Waals surface area contributed by atoms with E-state index in [0.29, 0.717) is 13.0 Å². The summed E-state index contributed by atoms with van der Waals surface area (Å²) in [6, 6.07) is 0. The highest BCUT2D eigenvalue weighted by atomic mass is 32.2. The third kappa shape index (κ3) is 6.18. The van der Waals surface area contributed by atoms with Crippen molar-refractivity contribution in [3.05, 3.63) is 0 Å². The van der Waals surface area contributed by atoms with E-state index in [9.17, 15) is 26.4 Å². The Morgan fingerprint density at radius 3 is 2.47 bits per heavy atom. The molecule has 19 heavy (non-hydrogen) atoms. The van der Waals surface area contributed by atoms with Gasteiger partial charge in [-0.2, -0.15) is 13.2 Å². The molecule has 1 heterocycles. The van der Waals surface area contributed by atoms with Crippen LogP contribution in [0, 0.1) is 5.92 Å². The first-order chi connectivity index (χ1) is 8.58. The Kier molecular flexibility index (Phi) is 5.12. The minimum absolute atomic E-state index is 0.0500. The summed E-state index contributed by atoms with van der Waals surface area (Å²) in [6.07, 6.45) is -4.45. The average molecular weight is 305 g/mol. The summed E-state index contributed by atoms with van der Waals surface area (Å²) in [4.78, 5) is 14.5. The highest BCUT2D eigenvalue weighted by molar-refractivity contribution is 7.89. The molecule has 112 valence electrons. The van der Waals surface area contributed by atoms with Gasteiger partial charge in [-0.3, -0.25) is 0 Å². The number of nitrogens with two attached hydrogens (primary N) is 1. The molecule has 0 spiro atoms. The summed E-state index contributed by atoms with van der Waals surface area (Å²) in [5, 5.41) is 8.26. The second kappa shape index (κ2) is 6.03. The largest absolute Gasteiger partial charge is 0.492 e. The van der Waals surface area contributed by atoms with Crippen LogP contribution in [0.5, 0.6) is 0 Å². The van der Waals surface area contributed by atoms with Gasteiger partial charge < -0.3 is 10.2 Å². The van der Waals surface area contributed by atoms with Crippen LogP contribution >= 0.6 is 0 Å². The zero-order chi connectivity index (χ0) is 14.7. The molecule has 3 N–H and O–H groups in total. The molecule has 0 aromatic heterocycles. The van der Waals surface area contributed by atoms with Crippen LogP contribution in [0.25, 0.3) is 0 Å². The van der Waals surface area contributed by atoms with Crippen LogP contribution in [-0.2, 0) is 19.7 Å². The van der Waals surface area contributed by atoms with Crippen molar-refractivity contribution in [3.63, 3.8) is 0 Å². The van der Waals surface area contributed by atoms with Gasteiger partial charge in [0, 0.05) is 13.1 Å². The van der Waals surface area contributed by atoms with Crippen molar-refractivity contribution in [1.29, 1.82) is 0 Å². The van der Waals surface area contributed by atoms with E-state index in [1.165, 1.54) is 0 Å². The number of hydrogen-bond donors (Lipinski definition) is 2. The van der Waals surface area contributed by atoms with Crippen molar-refractivity contribution in [2.75, 3.05) is 25.5 Å². The summed E-state index contributed by atoms with van der Waals surface area (Å²) < 4.78 is 56.7. The summed E-state index contributed by atoms with van der Waals surface area (Å²) in [5.41, 5.74) is 0. The number of hydrogen-bond acceptors (Lipinski definition) is 6. The number of hydroxylamine groups is 2. The number of rotatable bonds is 6. The van der Waals surface area contributed by atoms with Crippen LogP contribution in [0.1, 0.15) is 6.42 Å². The number of alkyl halides is 3. The lowest BCUT2D eigenvalue weighted by molar-refractivity contribution is -0.258. The molecule has 0 saturated carbocycles. The maximum Gasteiger partial charge on any atom is 0.492 e. The Morgan fingerprint density at radius 2 is 2.00 bits per heavy atom. The minimum Gasteiger partial charge on any atom is -0.361 e. The maximum atomic E-state index is 11.8. The molecule has 0 amide bonds. The molecule has 0 bridgehead atoms. The predicted octanol–water partition coefficient (Wildman–Crippen LogP) is -0.836. The highest BCUT2D eigenvalue weighted by Gasteiger charge is 2.44. The smallest absolute Gasteiger partial charge is 0.361 e. The summed E-state index contributed by atoms with van der Waals surface area (Å²) in [7, 11) is -3.57. The van der Waals surface area contributed by atoms with Gasteiger partial charge in [-0.15, -0.1) is 5.06 Å². The molecule has 0 aliphatic carbocycles. The van der Waals surface area contributed by atoms with Gasteiger partial charge in [-0.25, -0.2) is 18.4 Å². The molecule has 1 rings (SSSR count). The molecule has 11 heteroatoms. The molecule has 0 aromatic carbocycles. The fraction of sp³-hybridized carbons (Fsp3) is 0.875. The first-order valence-electron chi connectivity index (χ1n) is 5.33. The summed E-state index contributed by atoms with van der Waals surface area (Å²) in [6.45, 7) is 0.750. The van der Waals surface area contributed by atoms with Crippen molar-refractivity contribution in [2.45, 2.75) is 12.6 Å². The quantitative estimate of drug-likeness (QED) is 0.621. The number of halogens is 3. The molecule has 1 aliphatic heterocycles. The third-order valence-electron chi connectivity index (χ3n) is 2.40. The van der Waals surface area contributed by atoms with Gasteiger partial charge in [0.15, 0.2) is 0 Å². The third-order valence-corrected chi connectivity index (χ3v) is 3.01. The molecule has 0 atom stereocenters. The molecular weight excluding hydrogens is 291 g/mol. The average Bonchev–Trinajstić information content (AvgIpc) is 2.16. The van der Waals surface area contributed by atoms with E-state index < -0.39 is 22.2 Å². The molecule has 1 saturated heterocycles. The van der Waals surface area contributed by atoms with Crippen LogP contribution in [-0.4, -0.2) is 51.1 Å². The second-order valence-corrected chi connectivity index (χ2v) is 5.80. The standard InChI is InChI=1S/C8H14F3N3O4S/c9-8(10,11)7(15)18-14-3-6(4-14)1-2-13-5-19(12,16)17/h6,13H,1-5H2,(H2,12,16,17). The van der Waals surface area contributed by atoms with Gasteiger partial charge >= 0.3 is 12.1 Å². The van der Waals surface area contributed by atoms with Gasteiger partial charge in [0.25, 0.3) is 0 Å². The number of primary sulfonamides is 1. The lowest BCUT2D eigenvalue weighted by Gasteiger charge is -2.37. The van der Waals surface area contributed by atoms with E-state index >= 15 is 0 Å². The Morgan fingerprint density at radius 1 is 1.42 bits per heavy atom. The lowest BCUT2D eigenvalue weighted by atomic mass is 9.99. The summed E-state index contributed by atoms with van der Waals surface area (Å²) >= 11 is 0. The molecule has 1 fully saturated rings. The van der Waals surface area contributed by atoms with Gasteiger partial charge in [0.05, 0.1) is 0 Å². The molecule has 0 radical (unpaired) electrons. The maximum absolute atomic E-state index is 11.8. The first-order valence-corrected chi connectivity index (χ1v) is 7.05. The molecular formula is C8H14F3N3O4S. The van der Waals surface area contributed by atoms with E-state index in [4.69, 9.17) is 5.14 Å². The Labute approximate surface area is 107 Å².